The van der Waals surface area contributed by atoms with E-state index in [0.29, 0.717) is 0 Å². The molecule has 47 valence electrons. The lowest BCUT2D eigenvalue weighted by molar-refractivity contribution is 0.0360. The number of hydrogen-bond donors (Lipinski definition) is 2. The Hall–Kier alpha value is -0.410. The van der Waals surface area contributed by atoms with E-state index in [-0.39, 0.29) is 6.42 Å². The van der Waals surface area contributed by atoms with Gasteiger partial charge in [-0.05, 0) is 6.92 Å². The highest BCUT2D eigenvalue weighted by atomic mass is 16.3. The fourth-order valence-electron chi connectivity index (χ4n) is 0.256. The van der Waals surface area contributed by atoms with Gasteiger partial charge in [0, 0.05) is 6.42 Å². The molecule has 3 heteroatoms. The molecule has 0 spiro atoms. The predicted octanol–water partition coefficient (Wildman–Crippen LogP) is -0.772. The second-order valence-corrected chi connectivity index (χ2v) is 1.66. The minimum atomic E-state index is -0.951. The van der Waals surface area contributed by atoms with Crippen molar-refractivity contribution >= 4 is 6.29 Å². The average molecular weight is 117 g/mol. The van der Waals surface area contributed by atoms with Crippen LogP contribution in [0.1, 0.15) is 13.3 Å². The second-order valence-electron chi connectivity index (χ2n) is 1.66. The van der Waals surface area contributed by atoms with Gasteiger partial charge in [0.2, 0.25) is 6.29 Å². The Bertz CT molecular complexity index is 70.1. The Balaban J connectivity index is 3.30. The van der Waals surface area contributed by atoms with Crippen molar-refractivity contribution in [2.75, 3.05) is 0 Å². The van der Waals surface area contributed by atoms with Crippen LogP contribution in [0.5, 0.6) is 0 Å². The topological polar surface area (TPSA) is 57.5 Å². The average Bonchev–Trinajstić information content (AvgIpc) is 1.67. The molecule has 0 aliphatic rings. The number of hydrogen-bond acceptors (Lipinski definition) is 3. The van der Waals surface area contributed by atoms with E-state index in [4.69, 9.17) is 10.2 Å². The number of rotatable bonds is 3. The van der Waals surface area contributed by atoms with Crippen LogP contribution < -0.4 is 0 Å². The molecule has 0 saturated carbocycles. The molecule has 0 unspecified atom stereocenters. The summed E-state index contributed by atoms with van der Waals surface area (Å²) in [5.41, 5.74) is 0. The lowest BCUT2D eigenvalue weighted by Gasteiger charge is -2.07. The first-order chi connectivity index (χ1) is 3.68. The quantitative estimate of drug-likeness (QED) is 0.510. The summed E-state index contributed by atoms with van der Waals surface area (Å²) >= 11 is 0. The third-order valence-corrected chi connectivity index (χ3v) is 0.849. The van der Waals surface area contributed by atoms with Gasteiger partial charge in [-0.2, -0.15) is 0 Å². The van der Waals surface area contributed by atoms with Gasteiger partial charge in [-0.3, -0.25) is 4.79 Å². The van der Waals surface area contributed by atoms with Crippen molar-refractivity contribution in [2.24, 2.45) is 0 Å². The summed E-state index contributed by atoms with van der Waals surface area (Å²) < 4.78 is 0. The Morgan fingerprint density at radius 1 is 1.62 bits per heavy atom. The maximum Gasteiger partial charge on any atom is 0.201 e. The maximum atomic E-state index is 9.52. The van der Waals surface area contributed by atoms with Gasteiger partial charge in [-0.25, -0.2) is 0 Å². The Kier molecular flexibility index (Phi) is 3.39. The first-order valence-electron chi connectivity index (χ1n) is 2.39. The van der Waals surface area contributed by atoms with Gasteiger partial charge >= 0.3 is 0 Å². The molecule has 8 heavy (non-hydrogen) atoms. The lowest BCUT2D eigenvalue weighted by atomic mass is 10.2. The van der Waals surface area contributed by atoms with Crippen molar-refractivity contribution in [1.29, 1.82) is 0 Å². The van der Waals surface area contributed by atoms with Gasteiger partial charge in [0.05, 0.1) is 12.2 Å². The minimum Gasteiger partial charge on any atom is -0.391 e. The van der Waals surface area contributed by atoms with Crippen molar-refractivity contribution in [3.63, 3.8) is 0 Å². The monoisotopic (exact) mass is 117 g/mol. The zero-order valence-electron chi connectivity index (χ0n) is 4.66. The van der Waals surface area contributed by atoms with E-state index in [9.17, 15) is 4.79 Å². The molecule has 2 N–H and O–H groups in total. The Labute approximate surface area is 47.9 Å². The van der Waals surface area contributed by atoms with E-state index in [1.165, 1.54) is 13.2 Å². The standard InChI is InChI=1S/C5H9O3/c1-4(7)5(8)2-3-6/h4-5,7-8H,2H2,1H3/t4-,5+/m1/s1. The van der Waals surface area contributed by atoms with Crippen LogP contribution in [0.3, 0.4) is 0 Å². The summed E-state index contributed by atoms with van der Waals surface area (Å²) in [5.74, 6) is 0. The summed E-state index contributed by atoms with van der Waals surface area (Å²) in [4.78, 5) is 9.52. The van der Waals surface area contributed by atoms with E-state index in [1.807, 2.05) is 0 Å². The first kappa shape index (κ1) is 7.59. The molecule has 0 aromatic rings. The normalized spacial score (nSPS) is 17.4. The molecule has 0 bridgehead atoms. The highest BCUT2D eigenvalue weighted by molar-refractivity contribution is 5.51. The van der Waals surface area contributed by atoms with Crippen LogP contribution in [0.25, 0.3) is 0 Å². The molecule has 0 aromatic carbocycles. The summed E-state index contributed by atoms with van der Waals surface area (Å²) in [5, 5.41) is 17.1. The Morgan fingerprint density at radius 2 is 2.12 bits per heavy atom. The van der Waals surface area contributed by atoms with Crippen LogP contribution in [0.4, 0.5) is 0 Å². The van der Waals surface area contributed by atoms with Crippen LogP contribution in [-0.4, -0.2) is 28.7 Å². The van der Waals surface area contributed by atoms with Crippen LogP contribution in [-0.2, 0) is 4.79 Å². The maximum absolute atomic E-state index is 9.52. The van der Waals surface area contributed by atoms with E-state index in [0.717, 1.165) is 0 Å². The van der Waals surface area contributed by atoms with Gasteiger partial charge in [0.15, 0.2) is 0 Å². The zero-order valence-corrected chi connectivity index (χ0v) is 4.66. The van der Waals surface area contributed by atoms with Crippen LogP contribution in [0, 0.1) is 0 Å². The molecule has 0 aliphatic carbocycles. The summed E-state index contributed by atoms with van der Waals surface area (Å²) in [6.45, 7) is 1.42. The van der Waals surface area contributed by atoms with Gasteiger partial charge in [0.1, 0.15) is 0 Å². The SMILES string of the molecule is C[C@@H](O)[C@@H](O)C[C]=O. The molecule has 1 radical (unpaired) electrons. The fourth-order valence-corrected chi connectivity index (χ4v) is 0.256. The lowest BCUT2D eigenvalue weighted by Crippen LogP contribution is -2.22. The van der Waals surface area contributed by atoms with Crippen molar-refractivity contribution in [3.8, 4) is 0 Å². The van der Waals surface area contributed by atoms with Crippen molar-refractivity contribution in [3.05, 3.63) is 0 Å². The minimum absolute atomic E-state index is 0.113. The first-order valence-corrected chi connectivity index (χ1v) is 2.39. The Morgan fingerprint density at radius 3 is 2.25 bits per heavy atom. The molecular weight excluding hydrogens is 108 g/mol. The largest absolute Gasteiger partial charge is 0.391 e. The number of aliphatic hydroxyl groups excluding tert-OH is 2. The molecule has 0 heterocycles. The van der Waals surface area contributed by atoms with E-state index in [1.54, 1.807) is 0 Å². The fraction of sp³-hybridized carbons (Fsp3) is 0.800. The van der Waals surface area contributed by atoms with Crippen LogP contribution in [0.2, 0.25) is 0 Å². The second kappa shape index (κ2) is 3.57. The van der Waals surface area contributed by atoms with Gasteiger partial charge in [0.25, 0.3) is 0 Å². The molecule has 3 nitrogen and oxygen atoms in total. The van der Waals surface area contributed by atoms with E-state index >= 15 is 0 Å². The van der Waals surface area contributed by atoms with Crippen molar-refractivity contribution in [1.82, 2.24) is 0 Å². The molecule has 0 fully saturated rings. The molecular formula is C5H9O3. The summed E-state index contributed by atoms with van der Waals surface area (Å²) in [6.07, 6.45) is -0.413. The van der Waals surface area contributed by atoms with Gasteiger partial charge in [-0.15, -0.1) is 0 Å². The van der Waals surface area contributed by atoms with Crippen molar-refractivity contribution < 1.29 is 15.0 Å². The number of aliphatic hydroxyl groups is 2. The smallest absolute Gasteiger partial charge is 0.201 e. The molecule has 0 rings (SSSR count). The molecule has 0 aromatic heterocycles. The van der Waals surface area contributed by atoms with Crippen molar-refractivity contribution in [2.45, 2.75) is 25.6 Å². The highest BCUT2D eigenvalue weighted by Gasteiger charge is 2.08. The summed E-state index contributed by atoms with van der Waals surface area (Å²) in [6, 6.07) is 0. The highest BCUT2D eigenvalue weighted by Crippen LogP contribution is 1.93. The van der Waals surface area contributed by atoms with Gasteiger partial charge in [-0.1, -0.05) is 0 Å². The van der Waals surface area contributed by atoms with Crippen LogP contribution >= 0.6 is 0 Å². The zero-order chi connectivity index (χ0) is 6.57. The predicted molar refractivity (Wildman–Crippen MR) is 28.0 cm³/mol. The summed E-state index contributed by atoms with van der Waals surface area (Å²) in [7, 11) is 0. The molecule has 2 atom stereocenters. The third kappa shape index (κ3) is 2.71. The molecule has 0 saturated heterocycles. The van der Waals surface area contributed by atoms with E-state index < -0.39 is 12.2 Å². The third-order valence-electron chi connectivity index (χ3n) is 0.849. The molecule has 0 aliphatic heterocycles. The van der Waals surface area contributed by atoms with Gasteiger partial charge < -0.3 is 10.2 Å². The van der Waals surface area contributed by atoms with E-state index in [2.05, 4.69) is 0 Å². The molecule has 0 amide bonds. The number of carbonyl (C=O) groups excluding carboxylic acids is 1. The van der Waals surface area contributed by atoms with Crippen LogP contribution in [0.15, 0.2) is 0 Å².